The van der Waals surface area contributed by atoms with E-state index in [1.165, 1.54) is 11.5 Å². The van der Waals surface area contributed by atoms with Gasteiger partial charge in [0.1, 0.15) is 0 Å². The lowest BCUT2D eigenvalue weighted by Crippen LogP contribution is -2.34. The molecule has 0 amide bonds. The highest BCUT2D eigenvalue weighted by atomic mass is 16.5. The molecule has 1 aliphatic rings. The smallest absolute Gasteiger partial charge is 0.0804 e. The van der Waals surface area contributed by atoms with Crippen molar-refractivity contribution < 1.29 is 9.94 Å². The number of ether oxygens (including phenoxy) is 1. The molecule has 1 aliphatic heterocycles. The van der Waals surface area contributed by atoms with E-state index in [0.717, 1.165) is 18.4 Å². The normalized spacial score (nSPS) is 22.8. The molecule has 0 saturated carbocycles. The maximum atomic E-state index is 9.57. The molecule has 15 heavy (non-hydrogen) atoms. The van der Waals surface area contributed by atoms with Crippen molar-refractivity contribution in [3.05, 3.63) is 23.9 Å². The molecule has 0 radical (unpaired) electrons. The zero-order valence-corrected chi connectivity index (χ0v) is 9.81. The molecule has 0 aromatic heterocycles. The summed E-state index contributed by atoms with van der Waals surface area (Å²) < 4.78 is 5.47. The molecular formula is C12H21NO2. The van der Waals surface area contributed by atoms with Crippen LogP contribution in [-0.4, -0.2) is 29.5 Å². The Hall–Kier alpha value is -0.800. The van der Waals surface area contributed by atoms with Crippen molar-refractivity contribution in [3.63, 3.8) is 0 Å². The third-order valence-electron chi connectivity index (χ3n) is 2.88. The van der Waals surface area contributed by atoms with Gasteiger partial charge in [0.05, 0.1) is 12.1 Å². The summed E-state index contributed by atoms with van der Waals surface area (Å²) in [6.45, 7) is 4.15. The zero-order chi connectivity index (χ0) is 11.3. The first-order chi connectivity index (χ1) is 7.20. The lowest BCUT2D eigenvalue weighted by atomic mass is 9.96. The summed E-state index contributed by atoms with van der Waals surface area (Å²) in [5, 5.41) is 10.8. The van der Waals surface area contributed by atoms with E-state index in [1.807, 2.05) is 19.1 Å². The topological polar surface area (TPSA) is 32.7 Å². The van der Waals surface area contributed by atoms with Crippen LogP contribution in [0.2, 0.25) is 0 Å². The van der Waals surface area contributed by atoms with Gasteiger partial charge in [-0.05, 0) is 25.0 Å². The van der Waals surface area contributed by atoms with Crippen molar-refractivity contribution in [1.82, 2.24) is 5.06 Å². The number of hydrogen-bond donors (Lipinski definition) is 1. The summed E-state index contributed by atoms with van der Waals surface area (Å²) in [7, 11) is 1.73. The molecule has 86 valence electrons. The Morgan fingerprint density at radius 1 is 1.60 bits per heavy atom. The van der Waals surface area contributed by atoms with Gasteiger partial charge in [0.15, 0.2) is 0 Å². The molecule has 0 aromatic carbocycles. The van der Waals surface area contributed by atoms with Crippen LogP contribution in [0.1, 0.15) is 33.1 Å². The highest BCUT2D eigenvalue weighted by molar-refractivity contribution is 5.25. The van der Waals surface area contributed by atoms with Gasteiger partial charge in [-0.15, -0.1) is 0 Å². The third-order valence-corrected chi connectivity index (χ3v) is 2.88. The molecule has 0 saturated heterocycles. The Morgan fingerprint density at radius 3 is 2.93 bits per heavy atom. The molecule has 0 spiro atoms. The number of unbranched alkanes of at least 4 members (excludes halogenated alkanes) is 1. The molecule has 1 N–H and O–H groups in total. The van der Waals surface area contributed by atoms with Gasteiger partial charge in [-0.3, -0.25) is 10.3 Å². The van der Waals surface area contributed by atoms with Gasteiger partial charge >= 0.3 is 0 Å². The van der Waals surface area contributed by atoms with E-state index in [-0.39, 0.29) is 12.1 Å². The van der Waals surface area contributed by atoms with Crippen LogP contribution in [0.25, 0.3) is 0 Å². The largest absolute Gasteiger partial charge is 0.377 e. The number of allylic oxidation sites excluding steroid dienone is 2. The molecule has 3 nitrogen and oxygen atoms in total. The van der Waals surface area contributed by atoms with Crippen LogP contribution in [-0.2, 0) is 4.74 Å². The lowest BCUT2D eigenvalue weighted by Gasteiger charge is -2.30. The summed E-state index contributed by atoms with van der Waals surface area (Å²) in [4.78, 5) is 0. The minimum Gasteiger partial charge on any atom is -0.377 e. The first-order valence-electron chi connectivity index (χ1n) is 5.59. The van der Waals surface area contributed by atoms with E-state index in [1.54, 1.807) is 13.3 Å². The summed E-state index contributed by atoms with van der Waals surface area (Å²) in [5.41, 5.74) is 1.15. The van der Waals surface area contributed by atoms with Crippen molar-refractivity contribution in [2.75, 3.05) is 7.11 Å². The summed E-state index contributed by atoms with van der Waals surface area (Å²) in [5.74, 6) is 0. The fourth-order valence-electron chi connectivity index (χ4n) is 1.85. The predicted molar refractivity (Wildman–Crippen MR) is 60.6 cm³/mol. The van der Waals surface area contributed by atoms with E-state index >= 15 is 0 Å². The predicted octanol–water partition coefficient (Wildman–Crippen LogP) is 2.73. The average molecular weight is 211 g/mol. The van der Waals surface area contributed by atoms with Gasteiger partial charge in [0.25, 0.3) is 0 Å². The Kier molecular flexibility index (Phi) is 4.85. The molecule has 3 heteroatoms. The van der Waals surface area contributed by atoms with Gasteiger partial charge < -0.3 is 4.74 Å². The number of hydrogen-bond acceptors (Lipinski definition) is 3. The zero-order valence-electron chi connectivity index (χ0n) is 9.81. The number of rotatable bonds is 5. The van der Waals surface area contributed by atoms with Gasteiger partial charge in [0, 0.05) is 13.3 Å². The lowest BCUT2D eigenvalue weighted by molar-refractivity contribution is -0.0704. The molecule has 2 unspecified atom stereocenters. The van der Waals surface area contributed by atoms with Gasteiger partial charge in [-0.2, -0.15) is 0 Å². The van der Waals surface area contributed by atoms with Gasteiger partial charge in [0.2, 0.25) is 0 Å². The first kappa shape index (κ1) is 12.3. The maximum absolute atomic E-state index is 9.57. The highest BCUT2D eigenvalue weighted by Gasteiger charge is 2.23. The fourth-order valence-corrected chi connectivity index (χ4v) is 1.85. The monoisotopic (exact) mass is 211 g/mol. The van der Waals surface area contributed by atoms with Crippen molar-refractivity contribution in [3.8, 4) is 0 Å². The van der Waals surface area contributed by atoms with Crippen molar-refractivity contribution in [1.29, 1.82) is 0 Å². The average Bonchev–Trinajstić information content (AvgIpc) is 2.25. The van der Waals surface area contributed by atoms with Crippen LogP contribution in [0.4, 0.5) is 0 Å². The Bertz CT molecular complexity index is 248. The number of hydroxylamine groups is 2. The van der Waals surface area contributed by atoms with Crippen molar-refractivity contribution in [2.45, 2.75) is 45.3 Å². The van der Waals surface area contributed by atoms with Gasteiger partial charge in [-0.1, -0.05) is 25.8 Å². The third kappa shape index (κ3) is 3.08. The quantitative estimate of drug-likeness (QED) is 0.759. The highest BCUT2D eigenvalue weighted by Crippen LogP contribution is 2.22. The second kappa shape index (κ2) is 5.93. The summed E-state index contributed by atoms with van der Waals surface area (Å²) >= 11 is 0. The second-order valence-electron chi connectivity index (χ2n) is 3.93. The first-order valence-corrected chi connectivity index (χ1v) is 5.59. The Balaban J connectivity index is 2.66. The standard InChI is InChI=1S/C12H21NO2/c1-4-5-8-12(15-3)11-7-6-9-13(14)10(11)2/h6-7,9-10,12,14H,4-5,8H2,1-3H3. The van der Waals surface area contributed by atoms with E-state index < -0.39 is 0 Å². The second-order valence-corrected chi connectivity index (χ2v) is 3.93. The van der Waals surface area contributed by atoms with E-state index in [9.17, 15) is 5.21 Å². The molecule has 0 fully saturated rings. The molecule has 0 aliphatic carbocycles. The van der Waals surface area contributed by atoms with Crippen LogP contribution < -0.4 is 0 Å². The van der Waals surface area contributed by atoms with Crippen LogP contribution in [0.15, 0.2) is 23.9 Å². The molecule has 0 bridgehead atoms. The molecular weight excluding hydrogens is 190 g/mol. The van der Waals surface area contributed by atoms with E-state index in [2.05, 4.69) is 6.92 Å². The van der Waals surface area contributed by atoms with Crippen LogP contribution in [0, 0.1) is 0 Å². The molecule has 1 heterocycles. The number of methoxy groups -OCH3 is 1. The Labute approximate surface area is 92.0 Å². The fraction of sp³-hybridized carbons (Fsp3) is 0.667. The van der Waals surface area contributed by atoms with Crippen LogP contribution in [0.5, 0.6) is 0 Å². The SMILES string of the molecule is CCCCC(OC)C1=CC=CN(O)C1C. The Morgan fingerprint density at radius 2 is 2.33 bits per heavy atom. The molecule has 2 atom stereocenters. The van der Waals surface area contributed by atoms with Gasteiger partial charge in [-0.25, -0.2) is 0 Å². The summed E-state index contributed by atoms with van der Waals surface area (Å²) in [6.07, 6.45) is 9.03. The van der Waals surface area contributed by atoms with E-state index in [0.29, 0.717) is 0 Å². The number of nitrogens with zero attached hydrogens (tertiary/aromatic N) is 1. The van der Waals surface area contributed by atoms with E-state index in [4.69, 9.17) is 4.74 Å². The molecule has 0 aromatic rings. The molecule has 1 rings (SSSR count). The van der Waals surface area contributed by atoms with Crippen LogP contribution >= 0.6 is 0 Å². The maximum Gasteiger partial charge on any atom is 0.0804 e. The van der Waals surface area contributed by atoms with Crippen molar-refractivity contribution >= 4 is 0 Å². The minimum absolute atomic E-state index is 0.0109. The minimum atomic E-state index is 0.0109. The van der Waals surface area contributed by atoms with Crippen molar-refractivity contribution in [2.24, 2.45) is 0 Å². The summed E-state index contributed by atoms with van der Waals surface area (Å²) in [6, 6.07) is 0.0109. The van der Waals surface area contributed by atoms with Crippen LogP contribution in [0.3, 0.4) is 0 Å².